The first-order valence-corrected chi connectivity index (χ1v) is 6.09. The summed E-state index contributed by atoms with van der Waals surface area (Å²) in [4.78, 5) is 24.6. The van der Waals surface area contributed by atoms with Crippen LogP contribution in [0.5, 0.6) is 0 Å². The van der Waals surface area contributed by atoms with Crippen molar-refractivity contribution in [1.29, 1.82) is 0 Å². The van der Waals surface area contributed by atoms with Crippen LogP contribution in [-0.2, 0) is 4.79 Å². The van der Waals surface area contributed by atoms with Gasteiger partial charge < -0.3 is 15.5 Å². The van der Waals surface area contributed by atoms with Gasteiger partial charge in [-0.3, -0.25) is 4.79 Å². The maximum absolute atomic E-state index is 11.8. The van der Waals surface area contributed by atoms with Crippen LogP contribution >= 0.6 is 0 Å². The number of rotatable bonds is 5. The average Bonchev–Trinajstić information content (AvgIpc) is 2.39. The summed E-state index contributed by atoms with van der Waals surface area (Å²) in [6.45, 7) is 5.83. The molecule has 0 bridgehead atoms. The molecule has 0 saturated heterocycles. The number of nitrogens with zero attached hydrogens (tertiary/aromatic N) is 1. The lowest BCUT2D eigenvalue weighted by Crippen LogP contribution is -2.31. The van der Waals surface area contributed by atoms with E-state index in [0.717, 1.165) is 0 Å². The van der Waals surface area contributed by atoms with E-state index in [0.29, 0.717) is 24.3 Å². The maximum Gasteiger partial charge on any atom is 0.321 e. The topological polar surface area (TPSA) is 61.4 Å². The first kappa shape index (κ1) is 14.8. The van der Waals surface area contributed by atoms with Crippen LogP contribution in [0.1, 0.15) is 13.3 Å². The van der Waals surface area contributed by atoms with Gasteiger partial charge in [-0.05, 0) is 18.2 Å². The van der Waals surface area contributed by atoms with Gasteiger partial charge in [-0.25, -0.2) is 4.79 Å². The molecule has 0 aliphatic heterocycles. The fourth-order valence-corrected chi connectivity index (χ4v) is 1.42. The number of amides is 3. The molecule has 0 saturated carbocycles. The SMILES string of the molecule is C=CCN(C)C(=O)Nc1cccc(NC(=O)CC)c1. The summed E-state index contributed by atoms with van der Waals surface area (Å²) >= 11 is 0. The van der Waals surface area contributed by atoms with Crippen molar-refractivity contribution in [1.82, 2.24) is 4.90 Å². The van der Waals surface area contributed by atoms with E-state index >= 15 is 0 Å². The Morgan fingerprint density at radius 2 is 1.95 bits per heavy atom. The Kier molecular flexibility index (Phi) is 5.60. The highest BCUT2D eigenvalue weighted by atomic mass is 16.2. The number of benzene rings is 1. The molecule has 19 heavy (non-hydrogen) atoms. The minimum absolute atomic E-state index is 0.0627. The fraction of sp³-hybridized carbons (Fsp3) is 0.286. The molecule has 0 spiro atoms. The van der Waals surface area contributed by atoms with Crippen LogP contribution in [0.2, 0.25) is 0 Å². The van der Waals surface area contributed by atoms with Crippen molar-refractivity contribution in [2.75, 3.05) is 24.2 Å². The number of hydrogen-bond acceptors (Lipinski definition) is 2. The van der Waals surface area contributed by atoms with Gasteiger partial charge >= 0.3 is 6.03 Å². The number of hydrogen-bond donors (Lipinski definition) is 2. The average molecular weight is 261 g/mol. The monoisotopic (exact) mass is 261 g/mol. The molecule has 1 aromatic rings. The summed E-state index contributed by atoms with van der Waals surface area (Å²) in [6.07, 6.45) is 2.07. The predicted molar refractivity (Wildman–Crippen MR) is 77.2 cm³/mol. The Labute approximate surface area is 113 Å². The number of carbonyl (C=O) groups is 2. The molecule has 1 aromatic carbocycles. The molecule has 0 unspecified atom stereocenters. The van der Waals surface area contributed by atoms with Gasteiger partial charge in [0.25, 0.3) is 0 Å². The summed E-state index contributed by atoms with van der Waals surface area (Å²) in [7, 11) is 1.68. The van der Waals surface area contributed by atoms with Gasteiger partial charge in [0.1, 0.15) is 0 Å². The van der Waals surface area contributed by atoms with Crippen LogP contribution in [0.25, 0.3) is 0 Å². The van der Waals surface area contributed by atoms with E-state index in [1.165, 1.54) is 4.90 Å². The van der Waals surface area contributed by atoms with Crippen molar-refractivity contribution in [3.63, 3.8) is 0 Å². The van der Waals surface area contributed by atoms with Gasteiger partial charge in [0, 0.05) is 31.4 Å². The van der Waals surface area contributed by atoms with E-state index in [-0.39, 0.29) is 11.9 Å². The third kappa shape index (κ3) is 4.83. The van der Waals surface area contributed by atoms with Gasteiger partial charge in [-0.15, -0.1) is 6.58 Å². The van der Waals surface area contributed by atoms with Crippen LogP contribution in [0, 0.1) is 0 Å². The van der Waals surface area contributed by atoms with Crippen LogP contribution in [-0.4, -0.2) is 30.4 Å². The van der Waals surface area contributed by atoms with Gasteiger partial charge in [0.2, 0.25) is 5.91 Å². The Hall–Kier alpha value is -2.30. The van der Waals surface area contributed by atoms with E-state index in [9.17, 15) is 9.59 Å². The van der Waals surface area contributed by atoms with Gasteiger partial charge in [0.15, 0.2) is 0 Å². The van der Waals surface area contributed by atoms with E-state index in [4.69, 9.17) is 0 Å². The molecular formula is C14H19N3O2. The lowest BCUT2D eigenvalue weighted by molar-refractivity contribution is -0.115. The first-order valence-electron chi connectivity index (χ1n) is 6.09. The molecule has 0 aromatic heterocycles. The van der Waals surface area contributed by atoms with Crippen LogP contribution < -0.4 is 10.6 Å². The van der Waals surface area contributed by atoms with Crippen molar-refractivity contribution in [2.45, 2.75) is 13.3 Å². The zero-order valence-electron chi connectivity index (χ0n) is 11.3. The number of nitrogens with one attached hydrogen (secondary N) is 2. The highest BCUT2D eigenvalue weighted by Gasteiger charge is 2.07. The van der Waals surface area contributed by atoms with Gasteiger partial charge in [-0.1, -0.05) is 19.1 Å². The van der Waals surface area contributed by atoms with Crippen molar-refractivity contribution < 1.29 is 9.59 Å². The maximum atomic E-state index is 11.8. The Morgan fingerprint density at radius 1 is 1.32 bits per heavy atom. The quantitative estimate of drug-likeness (QED) is 0.800. The Balaban J connectivity index is 2.69. The summed E-state index contributed by atoms with van der Waals surface area (Å²) in [6, 6.07) is 6.80. The smallest absolute Gasteiger partial charge is 0.321 e. The van der Waals surface area contributed by atoms with Crippen molar-refractivity contribution in [3.05, 3.63) is 36.9 Å². The molecule has 0 aliphatic rings. The molecular weight excluding hydrogens is 242 g/mol. The number of anilines is 2. The second-order valence-electron chi connectivity index (χ2n) is 4.08. The second kappa shape index (κ2) is 7.20. The molecule has 0 radical (unpaired) electrons. The molecule has 0 aliphatic carbocycles. The minimum Gasteiger partial charge on any atom is -0.326 e. The molecule has 1 rings (SSSR count). The standard InChI is InChI=1S/C14H19N3O2/c1-4-9-17(3)14(19)16-12-8-6-7-11(10-12)15-13(18)5-2/h4,6-8,10H,1,5,9H2,2-3H3,(H,15,18)(H,16,19). The zero-order chi connectivity index (χ0) is 14.3. The van der Waals surface area contributed by atoms with E-state index in [1.54, 1.807) is 44.3 Å². The third-order valence-electron chi connectivity index (χ3n) is 2.47. The Bertz CT molecular complexity index is 472. The van der Waals surface area contributed by atoms with Gasteiger partial charge in [-0.2, -0.15) is 0 Å². The van der Waals surface area contributed by atoms with E-state index in [1.807, 2.05) is 0 Å². The molecule has 2 N–H and O–H groups in total. The lowest BCUT2D eigenvalue weighted by Gasteiger charge is -2.16. The molecule has 5 nitrogen and oxygen atoms in total. The number of likely N-dealkylation sites (N-methyl/N-ethyl adjacent to an activating group) is 1. The molecule has 0 fully saturated rings. The molecule has 0 atom stereocenters. The normalized spacial score (nSPS) is 9.58. The Morgan fingerprint density at radius 3 is 2.53 bits per heavy atom. The fourth-order valence-electron chi connectivity index (χ4n) is 1.42. The molecule has 3 amide bonds. The van der Waals surface area contributed by atoms with Crippen LogP contribution in [0.4, 0.5) is 16.2 Å². The summed E-state index contributed by atoms with van der Waals surface area (Å²) in [5, 5.41) is 5.49. The van der Waals surface area contributed by atoms with Gasteiger partial charge in [0.05, 0.1) is 0 Å². The number of carbonyl (C=O) groups excluding carboxylic acids is 2. The molecule has 0 heterocycles. The largest absolute Gasteiger partial charge is 0.326 e. The van der Waals surface area contributed by atoms with Crippen molar-refractivity contribution >= 4 is 23.3 Å². The second-order valence-corrected chi connectivity index (χ2v) is 4.08. The minimum atomic E-state index is -0.223. The van der Waals surface area contributed by atoms with Crippen LogP contribution in [0.15, 0.2) is 36.9 Å². The first-order chi connectivity index (χ1) is 9.06. The highest BCUT2D eigenvalue weighted by Crippen LogP contribution is 2.15. The van der Waals surface area contributed by atoms with E-state index < -0.39 is 0 Å². The third-order valence-corrected chi connectivity index (χ3v) is 2.47. The summed E-state index contributed by atoms with van der Waals surface area (Å²) in [5.41, 5.74) is 1.30. The molecule has 5 heteroatoms. The number of urea groups is 1. The molecule has 102 valence electrons. The summed E-state index contributed by atoms with van der Waals surface area (Å²) in [5.74, 6) is -0.0627. The predicted octanol–water partition coefficient (Wildman–Crippen LogP) is 2.68. The zero-order valence-corrected chi connectivity index (χ0v) is 11.3. The van der Waals surface area contributed by atoms with Crippen LogP contribution in [0.3, 0.4) is 0 Å². The summed E-state index contributed by atoms with van der Waals surface area (Å²) < 4.78 is 0. The lowest BCUT2D eigenvalue weighted by atomic mass is 10.2. The van der Waals surface area contributed by atoms with Crippen molar-refractivity contribution in [3.8, 4) is 0 Å². The van der Waals surface area contributed by atoms with Crippen molar-refractivity contribution in [2.24, 2.45) is 0 Å². The van der Waals surface area contributed by atoms with E-state index in [2.05, 4.69) is 17.2 Å². The highest BCUT2D eigenvalue weighted by molar-refractivity contribution is 5.93.